The summed E-state index contributed by atoms with van der Waals surface area (Å²) in [6.45, 7) is 3.89. The van der Waals surface area contributed by atoms with Crippen molar-refractivity contribution in [3.8, 4) is 0 Å². The quantitative estimate of drug-likeness (QED) is 0.810. The van der Waals surface area contributed by atoms with Gasteiger partial charge in [0.2, 0.25) is 0 Å². The fraction of sp³-hybridized carbons (Fsp3) is 0.214. The Labute approximate surface area is 101 Å². The Morgan fingerprint density at radius 1 is 1.18 bits per heavy atom. The highest BCUT2D eigenvalue weighted by atomic mass is 15.2. The van der Waals surface area contributed by atoms with Gasteiger partial charge in [-0.15, -0.1) is 0 Å². The van der Waals surface area contributed by atoms with Crippen LogP contribution in [-0.2, 0) is 13.1 Å². The summed E-state index contributed by atoms with van der Waals surface area (Å²) in [5, 5.41) is 0. The van der Waals surface area contributed by atoms with Crippen LogP contribution in [0.4, 0.5) is 11.5 Å². The van der Waals surface area contributed by atoms with E-state index in [4.69, 9.17) is 5.73 Å². The first-order valence-electron chi connectivity index (χ1n) is 5.78. The highest BCUT2D eigenvalue weighted by molar-refractivity contribution is 5.54. The van der Waals surface area contributed by atoms with E-state index in [9.17, 15) is 0 Å². The van der Waals surface area contributed by atoms with Gasteiger partial charge in [-0.25, -0.2) is 4.98 Å². The molecular weight excluding hydrogens is 210 g/mol. The van der Waals surface area contributed by atoms with Crippen LogP contribution in [-0.4, -0.2) is 4.98 Å². The molecular formula is C14H15N3. The molecule has 2 N–H and O–H groups in total. The van der Waals surface area contributed by atoms with Crippen molar-refractivity contribution in [3.05, 3.63) is 53.2 Å². The van der Waals surface area contributed by atoms with Crippen molar-refractivity contribution in [3.63, 3.8) is 0 Å². The summed E-state index contributed by atoms with van der Waals surface area (Å²) < 4.78 is 0. The number of benzene rings is 1. The van der Waals surface area contributed by atoms with E-state index in [0.717, 1.165) is 30.2 Å². The SMILES string of the molecule is Cc1cc(N2Cc3ccccc3C2)ncc1N. The third-order valence-electron chi connectivity index (χ3n) is 3.30. The van der Waals surface area contributed by atoms with Crippen LogP contribution in [0.15, 0.2) is 36.5 Å². The van der Waals surface area contributed by atoms with Gasteiger partial charge in [0.25, 0.3) is 0 Å². The molecule has 17 heavy (non-hydrogen) atoms. The highest BCUT2D eigenvalue weighted by Gasteiger charge is 2.19. The molecule has 0 amide bonds. The van der Waals surface area contributed by atoms with Crippen LogP contribution in [0.1, 0.15) is 16.7 Å². The number of nitrogens with two attached hydrogens (primary N) is 1. The standard InChI is InChI=1S/C14H15N3/c1-10-6-14(16-7-13(10)15)17-8-11-4-2-3-5-12(11)9-17/h2-7H,8-9,15H2,1H3. The van der Waals surface area contributed by atoms with Crippen molar-refractivity contribution in [2.24, 2.45) is 0 Å². The topological polar surface area (TPSA) is 42.2 Å². The van der Waals surface area contributed by atoms with Gasteiger partial charge in [-0.05, 0) is 29.7 Å². The molecule has 3 rings (SSSR count). The van der Waals surface area contributed by atoms with E-state index in [1.165, 1.54) is 11.1 Å². The van der Waals surface area contributed by atoms with Gasteiger partial charge in [0, 0.05) is 13.1 Å². The zero-order valence-electron chi connectivity index (χ0n) is 9.85. The Kier molecular flexibility index (Phi) is 2.25. The zero-order chi connectivity index (χ0) is 11.8. The lowest BCUT2D eigenvalue weighted by atomic mass is 10.1. The first-order valence-corrected chi connectivity index (χ1v) is 5.78. The summed E-state index contributed by atoms with van der Waals surface area (Å²) >= 11 is 0. The molecule has 1 aromatic carbocycles. The van der Waals surface area contributed by atoms with Crippen LogP contribution >= 0.6 is 0 Å². The average molecular weight is 225 g/mol. The number of nitrogen functional groups attached to an aromatic ring is 1. The summed E-state index contributed by atoms with van der Waals surface area (Å²) in [4.78, 5) is 6.68. The number of fused-ring (bicyclic) bond motifs is 1. The van der Waals surface area contributed by atoms with Gasteiger partial charge in [0.1, 0.15) is 5.82 Å². The molecule has 1 aromatic heterocycles. The molecule has 2 heterocycles. The number of pyridine rings is 1. The molecule has 1 aliphatic heterocycles. The molecule has 2 aromatic rings. The van der Waals surface area contributed by atoms with Crippen LogP contribution < -0.4 is 10.6 Å². The van der Waals surface area contributed by atoms with E-state index < -0.39 is 0 Å². The number of aromatic nitrogens is 1. The molecule has 0 atom stereocenters. The van der Waals surface area contributed by atoms with E-state index in [0.29, 0.717) is 0 Å². The molecule has 3 heteroatoms. The van der Waals surface area contributed by atoms with Crippen molar-refractivity contribution < 1.29 is 0 Å². The van der Waals surface area contributed by atoms with Crippen molar-refractivity contribution >= 4 is 11.5 Å². The summed E-state index contributed by atoms with van der Waals surface area (Å²) in [7, 11) is 0. The fourth-order valence-electron chi connectivity index (χ4n) is 2.22. The lowest BCUT2D eigenvalue weighted by molar-refractivity contribution is 0.856. The van der Waals surface area contributed by atoms with Crippen molar-refractivity contribution in [2.75, 3.05) is 10.6 Å². The third-order valence-corrected chi connectivity index (χ3v) is 3.30. The second-order valence-corrected chi connectivity index (χ2v) is 4.52. The van der Waals surface area contributed by atoms with Crippen LogP contribution in [0.5, 0.6) is 0 Å². The Hall–Kier alpha value is -2.03. The molecule has 0 saturated heterocycles. The van der Waals surface area contributed by atoms with E-state index in [2.05, 4.69) is 40.2 Å². The van der Waals surface area contributed by atoms with Gasteiger partial charge in [-0.1, -0.05) is 24.3 Å². The predicted molar refractivity (Wildman–Crippen MR) is 69.7 cm³/mol. The summed E-state index contributed by atoms with van der Waals surface area (Å²) in [5.41, 5.74) is 10.4. The van der Waals surface area contributed by atoms with E-state index in [-0.39, 0.29) is 0 Å². The van der Waals surface area contributed by atoms with Crippen LogP contribution in [0.3, 0.4) is 0 Å². The normalized spacial score (nSPS) is 13.8. The molecule has 0 aliphatic carbocycles. The number of anilines is 2. The Bertz CT molecular complexity index is 538. The monoisotopic (exact) mass is 225 g/mol. The van der Waals surface area contributed by atoms with Gasteiger partial charge in [0.05, 0.1) is 11.9 Å². The molecule has 0 unspecified atom stereocenters. The summed E-state index contributed by atoms with van der Waals surface area (Å²) in [5.74, 6) is 1.01. The second kappa shape index (κ2) is 3.77. The van der Waals surface area contributed by atoms with Crippen LogP contribution in [0, 0.1) is 6.92 Å². The van der Waals surface area contributed by atoms with Gasteiger partial charge >= 0.3 is 0 Å². The van der Waals surface area contributed by atoms with Gasteiger partial charge in [-0.2, -0.15) is 0 Å². The number of rotatable bonds is 1. The lowest BCUT2D eigenvalue weighted by Crippen LogP contribution is -2.16. The minimum absolute atomic E-state index is 0.755. The average Bonchev–Trinajstić information content (AvgIpc) is 2.76. The Morgan fingerprint density at radius 3 is 2.41 bits per heavy atom. The van der Waals surface area contributed by atoms with Crippen molar-refractivity contribution in [2.45, 2.75) is 20.0 Å². The van der Waals surface area contributed by atoms with E-state index in [1.807, 2.05) is 6.92 Å². The zero-order valence-corrected chi connectivity index (χ0v) is 9.85. The van der Waals surface area contributed by atoms with Gasteiger partial charge in [0.15, 0.2) is 0 Å². The first kappa shape index (κ1) is 10.1. The van der Waals surface area contributed by atoms with E-state index >= 15 is 0 Å². The summed E-state index contributed by atoms with van der Waals surface area (Å²) in [6.07, 6.45) is 1.74. The molecule has 86 valence electrons. The molecule has 0 saturated carbocycles. The summed E-state index contributed by atoms with van der Waals surface area (Å²) in [6, 6.07) is 10.6. The number of hydrogen-bond donors (Lipinski definition) is 1. The molecule has 0 fully saturated rings. The Balaban J connectivity index is 1.91. The maximum Gasteiger partial charge on any atom is 0.129 e. The van der Waals surface area contributed by atoms with Gasteiger partial charge < -0.3 is 10.6 Å². The fourth-order valence-corrected chi connectivity index (χ4v) is 2.22. The highest BCUT2D eigenvalue weighted by Crippen LogP contribution is 2.27. The molecule has 0 bridgehead atoms. The van der Waals surface area contributed by atoms with Gasteiger partial charge in [-0.3, -0.25) is 0 Å². The predicted octanol–water partition coefficient (Wildman–Crippen LogP) is 2.49. The maximum atomic E-state index is 5.79. The number of nitrogens with zero attached hydrogens (tertiary/aromatic N) is 2. The largest absolute Gasteiger partial charge is 0.397 e. The number of hydrogen-bond acceptors (Lipinski definition) is 3. The molecule has 1 aliphatic rings. The second-order valence-electron chi connectivity index (χ2n) is 4.52. The van der Waals surface area contributed by atoms with Crippen LogP contribution in [0.2, 0.25) is 0 Å². The molecule has 3 nitrogen and oxygen atoms in total. The lowest BCUT2D eigenvalue weighted by Gasteiger charge is -2.17. The van der Waals surface area contributed by atoms with Crippen molar-refractivity contribution in [1.82, 2.24) is 4.98 Å². The number of aryl methyl sites for hydroxylation is 1. The van der Waals surface area contributed by atoms with Crippen LogP contribution in [0.25, 0.3) is 0 Å². The Morgan fingerprint density at radius 2 is 1.82 bits per heavy atom. The van der Waals surface area contributed by atoms with E-state index in [1.54, 1.807) is 6.20 Å². The molecule has 0 spiro atoms. The smallest absolute Gasteiger partial charge is 0.129 e. The minimum Gasteiger partial charge on any atom is -0.397 e. The minimum atomic E-state index is 0.755. The first-order chi connectivity index (χ1) is 8.24. The molecule has 0 radical (unpaired) electrons. The maximum absolute atomic E-state index is 5.79. The van der Waals surface area contributed by atoms with Crippen molar-refractivity contribution in [1.29, 1.82) is 0 Å². The third kappa shape index (κ3) is 1.73.